The minimum absolute atomic E-state index is 0.256. The van der Waals surface area contributed by atoms with E-state index in [1.807, 2.05) is 13.1 Å². The van der Waals surface area contributed by atoms with Gasteiger partial charge in [-0.1, -0.05) is 13.8 Å². The van der Waals surface area contributed by atoms with Gasteiger partial charge in [0, 0.05) is 38.6 Å². The quantitative estimate of drug-likeness (QED) is 0.743. The largest absolute Gasteiger partial charge is 0.386 e. The molecule has 3 N–H and O–H groups in total. The number of hydrogen-bond acceptors (Lipinski definition) is 6. The van der Waals surface area contributed by atoms with Crippen molar-refractivity contribution in [2.45, 2.75) is 31.8 Å². The van der Waals surface area contributed by atoms with Crippen molar-refractivity contribution in [1.29, 1.82) is 0 Å². The first kappa shape index (κ1) is 14.0. The molecule has 1 saturated heterocycles. The van der Waals surface area contributed by atoms with Crippen molar-refractivity contribution < 1.29 is 9.84 Å². The fourth-order valence-corrected chi connectivity index (χ4v) is 1.93. The van der Waals surface area contributed by atoms with Gasteiger partial charge in [0.2, 0.25) is 0 Å². The van der Waals surface area contributed by atoms with E-state index in [9.17, 15) is 5.11 Å². The molecule has 1 fully saturated rings. The fraction of sp³-hybridized carbons (Fsp3) is 0.692. The molecule has 0 spiro atoms. The minimum atomic E-state index is -0.789. The zero-order valence-corrected chi connectivity index (χ0v) is 11.7. The van der Waals surface area contributed by atoms with Crippen LogP contribution >= 0.6 is 0 Å². The van der Waals surface area contributed by atoms with Gasteiger partial charge in [-0.05, 0) is 0 Å². The van der Waals surface area contributed by atoms with E-state index in [-0.39, 0.29) is 5.92 Å². The molecule has 1 aromatic heterocycles. The van der Waals surface area contributed by atoms with Gasteiger partial charge in [0.1, 0.15) is 23.1 Å². The van der Waals surface area contributed by atoms with Crippen LogP contribution in [0.15, 0.2) is 6.07 Å². The number of ether oxygens (including phenoxy) is 1. The van der Waals surface area contributed by atoms with Gasteiger partial charge >= 0.3 is 0 Å². The second-order valence-corrected chi connectivity index (χ2v) is 5.28. The smallest absolute Gasteiger partial charge is 0.135 e. The van der Waals surface area contributed by atoms with Crippen molar-refractivity contribution >= 4 is 11.6 Å². The first-order valence-electron chi connectivity index (χ1n) is 6.63. The van der Waals surface area contributed by atoms with Crippen LogP contribution in [0.5, 0.6) is 0 Å². The van der Waals surface area contributed by atoms with Gasteiger partial charge in [-0.3, -0.25) is 0 Å². The Labute approximate surface area is 113 Å². The predicted molar refractivity (Wildman–Crippen MR) is 74.5 cm³/mol. The average Bonchev–Trinajstić information content (AvgIpc) is 2.83. The molecule has 0 aromatic carbocycles. The summed E-state index contributed by atoms with van der Waals surface area (Å²) in [4.78, 5) is 8.86. The summed E-state index contributed by atoms with van der Waals surface area (Å²) in [5.41, 5.74) is -0.789. The highest BCUT2D eigenvalue weighted by Crippen LogP contribution is 2.21. The Hall–Kier alpha value is -1.40. The van der Waals surface area contributed by atoms with Gasteiger partial charge in [-0.15, -0.1) is 0 Å². The third-order valence-corrected chi connectivity index (χ3v) is 3.20. The van der Waals surface area contributed by atoms with Crippen LogP contribution in [0.4, 0.5) is 11.6 Å². The van der Waals surface area contributed by atoms with Gasteiger partial charge in [-0.2, -0.15) is 0 Å². The Morgan fingerprint density at radius 1 is 1.42 bits per heavy atom. The Morgan fingerprint density at radius 2 is 2.16 bits per heavy atom. The topological polar surface area (TPSA) is 79.3 Å². The zero-order valence-electron chi connectivity index (χ0n) is 11.7. The van der Waals surface area contributed by atoms with E-state index in [0.717, 1.165) is 17.5 Å². The molecule has 0 amide bonds. The number of nitrogens with zero attached hydrogens (tertiary/aromatic N) is 2. The third kappa shape index (κ3) is 3.54. The lowest BCUT2D eigenvalue weighted by atomic mass is 10.0. The maximum Gasteiger partial charge on any atom is 0.135 e. The molecule has 1 aromatic rings. The monoisotopic (exact) mass is 266 g/mol. The second kappa shape index (κ2) is 5.71. The lowest BCUT2D eigenvalue weighted by Crippen LogP contribution is -2.37. The first-order chi connectivity index (χ1) is 9.02. The Morgan fingerprint density at radius 3 is 2.74 bits per heavy atom. The highest BCUT2D eigenvalue weighted by molar-refractivity contribution is 5.47. The Balaban J connectivity index is 2.08. The van der Waals surface area contributed by atoms with Gasteiger partial charge in [0.05, 0.1) is 6.61 Å². The van der Waals surface area contributed by atoms with Crippen molar-refractivity contribution in [3.63, 3.8) is 0 Å². The molecule has 1 aliphatic rings. The molecular weight excluding hydrogens is 244 g/mol. The summed E-state index contributed by atoms with van der Waals surface area (Å²) in [6.07, 6.45) is 0.654. The molecule has 1 atom stereocenters. The summed E-state index contributed by atoms with van der Waals surface area (Å²) in [6, 6.07) is 1.84. The van der Waals surface area contributed by atoms with E-state index < -0.39 is 5.60 Å². The van der Waals surface area contributed by atoms with E-state index in [0.29, 0.717) is 26.2 Å². The highest BCUT2D eigenvalue weighted by atomic mass is 16.5. The molecule has 0 saturated carbocycles. The van der Waals surface area contributed by atoms with Crippen molar-refractivity contribution in [1.82, 2.24) is 9.97 Å². The van der Waals surface area contributed by atoms with E-state index in [1.54, 1.807) is 0 Å². The van der Waals surface area contributed by atoms with Crippen molar-refractivity contribution in [2.75, 3.05) is 37.4 Å². The number of hydrogen-bond donors (Lipinski definition) is 3. The number of nitrogens with one attached hydrogen (secondary N) is 2. The van der Waals surface area contributed by atoms with Crippen LogP contribution in [0, 0.1) is 0 Å². The predicted octanol–water partition coefficient (Wildman–Crippen LogP) is 1.20. The fourth-order valence-electron chi connectivity index (χ4n) is 1.93. The van der Waals surface area contributed by atoms with Crippen molar-refractivity contribution in [2.24, 2.45) is 0 Å². The summed E-state index contributed by atoms with van der Waals surface area (Å²) < 4.78 is 5.22. The van der Waals surface area contributed by atoms with E-state index in [4.69, 9.17) is 4.74 Å². The van der Waals surface area contributed by atoms with Crippen LogP contribution in [0.1, 0.15) is 32.0 Å². The highest BCUT2D eigenvalue weighted by Gasteiger charge is 2.32. The number of aromatic nitrogens is 2. The zero-order chi connectivity index (χ0) is 13.9. The van der Waals surface area contributed by atoms with Crippen LogP contribution in [-0.2, 0) is 4.74 Å². The maximum absolute atomic E-state index is 10.2. The summed E-state index contributed by atoms with van der Waals surface area (Å²) in [7, 11) is 1.83. The first-order valence-corrected chi connectivity index (χ1v) is 6.63. The molecule has 1 unspecified atom stereocenters. The van der Waals surface area contributed by atoms with Crippen LogP contribution in [0.2, 0.25) is 0 Å². The summed E-state index contributed by atoms with van der Waals surface area (Å²) in [5, 5.41) is 16.4. The second-order valence-electron chi connectivity index (χ2n) is 5.28. The normalized spacial score (nSPS) is 22.8. The molecule has 0 bridgehead atoms. The molecule has 6 heteroatoms. The minimum Gasteiger partial charge on any atom is -0.386 e. The average molecular weight is 266 g/mol. The van der Waals surface area contributed by atoms with Crippen molar-refractivity contribution in [3.8, 4) is 0 Å². The molecule has 2 rings (SSSR count). The molecular formula is C13H22N4O2. The van der Waals surface area contributed by atoms with Gasteiger partial charge in [0.15, 0.2) is 0 Å². The maximum atomic E-state index is 10.2. The van der Waals surface area contributed by atoms with Crippen LogP contribution in [0.25, 0.3) is 0 Å². The molecule has 6 nitrogen and oxygen atoms in total. The van der Waals surface area contributed by atoms with Gasteiger partial charge in [-0.25, -0.2) is 9.97 Å². The van der Waals surface area contributed by atoms with E-state index >= 15 is 0 Å². The molecule has 106 valence electrons. The van der Waals surface area contributed by atoms with Crippen molar-refractivity contribution in [3.05, 3.63) is 11.9 Å². The molecule has 0 radical (unpaired) electrons. The number of rotatable bonds is 5. The lowest BCUT2D eigenvalue weighted by Gasteiger charge is -2.21. The van der Waals surface area contributed by atoms with E-state index in [2.05, 4.69) is 34.4 Å². The standard InChI is InChI=1S/C13H22N4O2/c1-9(2)12-16-10(14-3)6-11(17-12)15-7-13(18)4-5-19-8-13/h6,9,18H,4-5,7-8H2,1-3H3,(H2,14,15,16,17). The Kier molecular flexibility index (Phi) is 4.21. The molecule has 0 aliphatic carbocycles. The summed E-state index contributed by atoms with van der Waals surface area (Å²) >= 11 is 0. The molecule has 19 heavy (non-hydrogen) atoms. The van der Waals surface area contributed by atoms with Crippen LogP contribution in [-0.4, -0.2) is 47.5 Å². The van der Waals surface area contributed by atoms with Crippen LogP contribution in [0.3, 0.4) is 0 Å². The lowest BCUT2D eigenvalue weighted by molar-refractivity contribution is 0.0381. The van der Waals surface area contributed by atoms with Crippen LogP contribution < -0.4 is 10.6 Å². The SMILES string of the molecule is CNc1cc(NCC2(O)CCOC2)nc(C(C)C)n1. The van der Waals surface area contributed by atoms with E-state index in [1.165, 1.54) is 0 Å². The molecule has 2 heterocycles. The van der Waals surface area contributed by atoms with Gasteiger partial charge in [0.25, 0.3) is 0 Å². The number of aliphatic hydroxyl groups is 1. The van der Waals surface area contributed by atoms with Gasteiger partial charge < -0.3 is 20.5 Å². The summed E-state index contributed by atoms with van der Waals surface area (Å²) in [5.74, 6) is 2.54. The number of anilines is 2. The summed E-state index contributed by atoms with van der Waals surface area (Å²) in [6.45, 7) is 5.53. The molecule has 1 aliphatic heterocycles. The third-order valence-electron chi connectivity index (χ3n) is 3.20. The Bertz CT molecular complexity index is 431.